The van der Waals surface area contributed by atoms with E-state index in [2.05, 4.69) is 28.9 Å². The second-order valence-electron chi connectivity index (χ2n) is 5.25. The van der Waals surface area contributed by atoms with Crippen molar-refractivity contribution in [3.8, 4) is 0 Å². The van der Waals surface area contributed by atoms with Gasteiger partial charge in [-0.3, -0.25) is 4.90 Å². The van der Waals surface area contributed by atoms with Crippen molar-refractivity contribution >= 4 is 16.9 Å². The standard InChI is InChI=1S/C15H18N2O2/c1-10(17-6-2-3-7-17)11-4-5-13-12(8-11)9-14(16-13)15(18)19/h4-5,8-10,16H,2-3,6-7H2,1H3,(H,18,19). The summed E-state index contributed by atoms with van der Waals surface area (Å²) in [6.07, 6.45) is 2.56. The molecule has 1 aliphatic heterocycles. The Morgan fingerprint density at radius 3 is 2.74 bits per heavy atom. The van der Waals surface area contributed by atoms with E-state index >= 15 is 0 Å². The highest BCUT2D eigenvalue weighted by Gasteiger charge is 2.19. The van der Waals surface area contributed by atoms with Gasteiger partial charge in [-0.2, -0.15) is 0 Å². The van der Waals surface area contributed by atoms with Gasteiger partial charge in [-0.25, -0.2) is 4.79 Å². The van der Waals surface area contributed by atoms with Crippen molar-refractivity contribution in [3.63, 3.8) is 0 Å². The molecule has 0 amide bonds. The van der Waals surface area contributed by atoms with Crippen molar-refractivity contribution < 1.29 is 9.90 Å². The molecule has 0 aliphatic carbocycles. The number of likely N-dealkylation sites (tertiary alicyclic amines) is 1. The molecule has 3 rings (SSSR count). The maximum atomic E-state index is 11.0. The van der Waals surface area contributed by atoms with Crippen LogP contribution in [0, 0.1) is 0 Å². The summed E-state index contributed by atoms with van der Waals surface area (Å²) in [6.45, 7) is 4.54. The van der Waals surface area contributed by atoms with Crippen molar-refractivity contribution in [3.05, 3.63) is 35.5 Å². The zero-order valence-electron chi connectivity index (χ0n) is 11.0. The van der Waals surface area contributed by atoms with E-state index in [1.165, 1.54) is 18.4 Å². The van der Waals surface area contributed by atoms with Gasteiger partial charge in [-0.1, -0.05) is 6.07 Å². The summed E-state index contributed by atoms with van der Waals surface area (Å²) in [4.78, 5) is 16.4. The van der Waals surface area contributed by atoms with Crippen LogP contribution in [0.2, 0.25) is 0 Å². The quantitative estimate of drug-likeness (QED) is 0.889. The fourth-order valence-electron chi connectivity index (χ4n) is 2.87. The van der Waals surface area contributed by atoms with Gasteiger partial charge in [0.1, 0.15) is 5.69 Å². The van der Waals surface area contributed by atoms with Crippen LogP contribution in [0.25, 0.3) is 10.9 Å². The Morgan fingerprint density at radius 2 is 2.05 bits per heavy atom. The second-order valence-corrected chi connectivity index (χ2v) is 5.25. The molecule has 1 atom stereocenters. The third kappa shape index (κ3) is 2.24. The normalized spacial score (nSPS) is 17.9. The lowest BCUT2D eigenvalue weighted by Gasteiger charge is -2.24. The minimum absolute atomic E-state index is 0.251. The van der Waals surface area contributed by atoms with Crippen LogP contribution in [0.4, 0.5) is 0 Å². The maximum Gasteiger partial charge on any atom is 0.352 e. The van der Waals surface area contributed by atoms with Crippen molar-refractivity contribution in [1.29, 1.82) is 0 Å². The largest absolute Gasteiger partial charge is 0.477 e. The summed E-state index contributed by atoms with van der Waals surface area (Å²) in [5, 5.41) is 9.97. The zero-order chi connectivity index (χ0) is 13.4. The molecule has 100 valence electrons. The summed E-state index contributed by atoms with van der Waals surface area (Å²) in [6, 6.07) is 8.27. The number of aromatic carboxylic acids is 1. The number of nitrogens with one attached hydrogen (secondary N) is 1. The Hall–Kier alpha value is -1.81. The number of rotatable bonds is 3. The van der Waals surface area contributed by atoms with E-state index in [0.717, 1.165) is 24.0 Å². The van der Waals surface area contributed by atoms with E-state index in [4.69, 9.17) is 5.11 Å². The first-order valence-corrected chi connectivity index (χ1v) is 6.75. The molecule has 0 radical (unpaired) electrons. The van der Waals surface area contributed by atoms with Gasteiger partial charge in [-0.05, 0) is 56.6 Å². The minimum atomic E-state index is -0.912. The fourth-order valence-corrected chi connectivity index (χ4v) is 2.87. The number of carboxylic acid groups (broad SMARTS) is 1. The van der Waals surface area contributed by atoms with Crippen molar-refractivity contribution in [1.82, 2.24) is 9.88 Å². The molecule has 2 N–H and O–H groups in total. The van der Waals surface area contributed by atoms with Crippen molar-refractivity contribution in [2.75, 3.05) is 13.1 Å². The van der Waals surface area contributed by atoms with E-state index in [-0.39, 0.29) is 5.69 Å². The van der Waals surface area contributed by atoms with Gasteiger partial charge in [0.2, 0.25) is 0 Å². The number of carbonyl (C=O) groups is 1. The van der Waals surface area contributed by atoms with Crippen LogP contribution < -0.4 is 0 Å². The predicted octanol–water partition coefficient (Wildman–Crippen LogP) is 3.02. The first-order chi connectivity index (χ1) is 9.15. The highest BCUT2D eigenvalue weighted by Crippen LogP contribution is 2.27. The van der Waals surface area contributed by atoms with Gasteiger partial charge in [0.25, 0.3) is 0 Å². The number of nitrogens with zero attached hydrogens (tertiary/aromatic N) is 1. The molecule has 4 heteroatoms. The van der Waals surface area contributed by atoms with E-state index < -0.39 is 5.97 Å². The topological polar surface area (TPSA) is 56.3 Å². The first-order valence-electron chi connectivity index (χ1n) is 6.75. The average Bonchev–Trinajstić information content (AvgIpc) is 3.06. The Kier molecular flexibility index (Phi) is 3.03. The molecule has 1 aliphatic rings. The van der Waals surface area contributed by atoms with Gasteiger partial charge in [0.05, 0.1) is 0 Å². The Morgan fingerprint density at radius 1 is 1.32 bits per heavy atom. The van der Waals surface area contributed by atoms with Crippen LogP contribution in [-0.4, -0.2) is 34.0 Å². The van der Waals surface area contributed by atoms with Gasteiger partial charge < -0.3 is 10.1 Å². The van der Waals surface area contributed by atoms with E-state index in [0.29, 0.717) is 6.04 Å². The average molecular weight is 258 g/mol. The van der Waals surface area contributed by atoms with Crippen LogP contribution in [0.3, 0.4) is 0 Å². The molecule has 0 bridgehead atoms. The van der Waals surface area contributed by atoms with Gasteiger partial charge in [0, 0.05) is 16.9 Å². The predicted molar refractivity (Wildman–Crippen MR) is 74.5 cm³/mol. The molecular weight excluding hydrogens is 240 g/mol. The van der Waals surface area contributed by atoms with Crippen molar-refractivity contribution in [2.45, 2.75) is 25.8 Å². The molecule has 4 nitrogen and oxygen atoms in total. The monoisotopic (exact) mass is 258 g/mol. The van der Waals surface area contributed by atoms with Gasteiger partial charge in [0.15, 0.2) is 0 Å². The number of hydrogen-bond acceptors (Lipinski definition) is 2. The summed E-state index contributed by atoms with van der Waals surface area (Å²) in [7, 11) is 0. The SMILES string of the molecule is CC(c1ccc2[nH]c(C(=O)O)cc2c1)N1CCCC1. The first kappa shape index (κ1) is 12.2. The van der Waals surface area contributed by atoms with Crippen LogP contribution in [0.1, 0.15) is 41.9 Å². The number of carboxylic acids is 1. The summed E-state index contributed by atoms with van der Waals surface area (Å²) < 4.78 is 0. The molecule has 1 aromatic carbocycles. The van der Waals surface area contributed by atoms with Gasteiger partial charge in [-0.15, -0.1) is 0 Å². The van der Waals surface area contributed by atoms with E-state index in [1.54, 1.807) is 6.07 Å². The molecule has 1 unspecified atom stereocenters. The lowest BCUT2D eigenvalue weighted by molar-refractivity contribution is 0.0691. The molecule has 1 aromatic heterocycles. The lowest BCUT2D eigenvalue weighted by Crippen LogP contribution is -2.23. The molecule has 1 fully saturated rings. The van der Waals surface area contributed by atoms with Crippen molar-refractivity contribution in [2.24, 2.45) is 0 Å². The second kappa shape index (κ2) is 4.70. The zero-order valence-corrected chi connectivity index (χ0v) is 11.0. The van der Waals surface area contributed by atoms with Crippen LogP contribution in [0.15, 0.2) is 24.3 Å². The Balaban J connectivity index is 1.94. The third-order valence-corrected chi connectivity index (χ3v) is 4.05. The summed E-state index contributed by atoms with van der Waals surface area (Å²) in [5.74, 6) is -0.912. The van der Waals surface area contributed by atoms with E-state index in [9.17, 15) is 4.79 Å². The highest BCUT2D eigenvalue weighted by atomic mass is 16.4. The molecule has 2 heterocycles. The third-order valence-electron chi connectivity index (χ3n) is 4.05. The molecule has 0 spiro atoms. The number of H-pyrrole nitrogens is 1. The maximum absolute atomic E-state index is 11.0. The molecule has 1 saturated heterocycles. The number of aromatic amines is 1. The minimum Gasteiger partial charge on any atom is -0.477 e. The smallest absolute Gasteiger partial charge is 0.352 e. The number of hydrogen-bond donors (Lipinski definition) is 2. The summed E-state index contributed by atoms with van der Waals surface area (Å²) >= 11 is 0. The lowest BCUT2D eigenvalue weighted by atomic mass is 10.1. The number of fused-ring (bicyclic) bond motifs is 1. The Bertz CT molecular complexity index is 612. The molecular formula is C15H18N2O2. The Labute approximate surface area is 112 Å². The molecule has 0 saturated carbocycles. The number of aromatic nitrogens is 1. The van der Waals surface area contributed by atoms with Gasteiger partial charge >= 0.3 is 5.97 Å². The fraction of sp³-hybridized carbons (Fsp3) is 0.400. The highest BCUT2D eigenvalue weighted by molar-refractivity contribution is 5.93. The van der Waals surface area contributed by atoms with E-state index in [1.807, 2.05) is 6.07 Å². The van der Waals surface area contributed by atoms with Crippen LogP contribution in [0.5, 0.6) is 0 Å². The summed E-state index contributed by atoms with van der Waals surface area (Å²) in [5.41, 5.74) is 2.39. The molecule has 19 heavy (non-hydrogen) atoms. The molecule has 2 aromatic rings. The number of benzene rings is 1. The van der Waals surface area contributed by atoms with Crippen LogP contribution >= 0.6 is 0 Å². The van der Waals surface area contributed by atoms with Crippen LogP contribution in [-0.2, 0) is 0 Å².